The molecule has 0 aliphatic carbocycles. The molecule has 0 aliphatic heterocycles. The van der Waals surface area contributed by atoms with Gasteiger partial charge in [-0.3, -0.25) is 4.98 Å². The van der Waals surface area contributed by atoms with Gasteiger partial charge in [-0.25, -0.2) is 9.97 Å². The summed E-state index contributed by atoms with van der Waals surface area (Å²) >= 11 is 0. The van der Waals surface area contributed by atoms with E-state index in [1.807, 2.05) is 32.2 Å². The van der Waals surface area contributed by atoms with Crippen molar-refractivity contribution in [1.82, 2.24) is 20.3 Å². The average Bonchev–Trinajstić information content (AvgIpc) is 2.38. The Bertz CT molecular complexity index is 537. The molecule has 4 heteroatoms. The highest BCUT2D eigenvalue weighted by Gasteiger charge is 2.06. The van der Waals surface area contributed by atoms with Crippen molar-refractivity contribution in [1.29, 1.82) is 0 Å². The van der Waals surface area contributed by atoms with Crippen molar-refractivity contribution in [3.8, 4) is 11.5 Å². The lowest BCUT2D eigenvalue weighted by atomic mass is 10.2. The van der Waals surface area contributed by atoms with E-state index in [9.17, 15) is 0 Å². The maximum atomic E-state index is 4.59. The lowest BCUT2D eigenvalue weighted by molar-refractivity contribution is 0.704. The van der Waals surface area contributed by atoms with Gasteiger partial charge in [0.2, 0.25) is 0 Å². The lowest BCUT2D eigenvalue weighted by Crippen LogP contribution is -2.14. The summed E-state index contributed by atoms with van der Waals surface area (Å²) in [5.74, 6) is 0.692. The Morgan fingerprint density at radius 2 is 2.06 bits per heavy atom. The number of rotatable bonds is 4. The Morgan fingerprint density at radius 1 is 1.22 bits per heavy atom. The van der Waals surface area contributed by atoms with E-state index in [2.05, 4.69) is 27.2 Å². The van der Waals surface area contributed by atoms with Crippen LogP contribution in [0.4, 0.5) is 0 Å². The molecule has 2 aromatic heterocycles. The van der Waals surface area contributed by atoms with E-state index < -0.39 is 0 Å². The van der Waals surface area contributed by atoms with E-state index in [0.717, 1.165) is 35.6 Å². The number of pyridine rings is 1. The first kappa shape index (κ1) is 12.6. The first-order valence-electron chi connectivity index (χ1n) is 6.17. The number of nitrogens with one attached hydrogen (secondary N) is 1. The van der Waals surface area contributed by atoms with Gasteiger partial charge in [0.05, 0.1) is 5.69 Å². The topological polar surface area (TPSA) is 50.7 Å². The number of aryl methyl sites for hydroxylation is 2. The fraction of sp³-hybridized carbons (Fsp3) is 0.357. The fourth-order valence-electron chi connectivity index (χ4n) is 1.68. The SMILES string of the molecule is CCNCc1nc(-c2cc(C)ccn2)ncc1C. The van der Waals surface area contributed by atoms with E-state index in [0.29, 0.717) is 5.82 Å². The first-order valence-corrected chi connectivity index (χ1v) is 6.17. The zero-order valence-corrected chi connectivity index (χ0v) is 11.1. The maximum absolute atomic E-state index is 4.59. The molecule has 4 nitrogen and oxygen atoms in total. The number of hydrogen-bond acceptors (Lipinski definition) is 4. The minimum Gasteiger partial charge on any atom is -0.311 e. The molecule has 0 amide bonds. The smallest absolute Gasteiger partial charge is 0.178 e. The van der Waals surface area contributed by atoms with E-state index in [1.165, 1.54) is 0 Å². The van der Waals surface area contributed by atoms with E-state index in [4.69, 9.17) is 0 Å². The normalized spacial score (nSPS) is 10.6. The molecule has 2 aromatic rings. The largest absolute Gasteiger partial charge is 0.311 e. The van der Waals surface area contributed by atoms with Crippen LogP contribution in [-0.4, -0.2) is 21.5 Å². The molecule has 0 saturated heterocycles. The molecular weight excluding hydrogens is 224 g/mol. The van der Waals surface area contributed by atoms with Crippen LogP contribution >= 0.6 is 0 Å². The lowest BCUT2D eigenvalue weighted by Gasteiger charge is -2.07. The van der Waals surface area contributed by atoms with E-state index >= 15 is 0 Å². The van der Waals surface area contributed by atoms with Gasteiger partial charge in [-0.15, -0.1) is 0 Å². The van der Waals surface area contributed by atoms with Crippen molar-refractivity contribution < 1.29 is 0 Å². The summed E-state index contributed by atoms with van der Waals surface area (Å²) < 4.78 is 0. The maximum Gasteiger partial charge on any atom is 0.178 e. The van der Waals surface area contributed by atoms with Crippen molar-refractivity contribution >= 4 is 0 Å². The summed E-state index contributed by atoms with van der Waals surface area (Å²) in [7, 11) is 0. The quantitative estimate of drug-likeness (QED) is 0.893. The molecule has 0 aliphatic rings. The molecule has 0 radical (unpaired) electrons. The van der Waals surface area contributed by atoms with Gasteiger partial charge < -0.3 is 5.32 Å². The number of aromatic nitrogens is 3. The second-order valence-corrected chi connectivity index (χ2v) is 4.32. The van der Waals surface area contributed by atoms with Crippen molar-refractivity contribution in [2.24, 2.45) is 0 Å². The van der Waals surface area contributed by atoms with Gasteiger partial charge in [0.1, 0.15) is 5.69 Å². The van der Waals surface area contributed by atoms with Gasteiger partial charge in [0, 0.05) is 18.9 Å². The van der Waals surface area contributed by atoms with Gasteiger partial charge in [-0.05, 0) is 43.7 Å². The summed E-state index contributed by atoms with van der Waals surface area (Å²) in [6, 6.07) is 3.97. The standard InChI is InChI=1S/C14H18N4/c1-4-15-9-13-11(3)8-17-14(18-13)12-7-10(2)5-6-16-12/h5-8,15H,4,9H2,1-3H3. The highest BCUT2D eigenvalue weighted by Crippen LogP contribution is 2.14. The molecule has 0 atom stereocenters. The van der Waals surface area contributed by atoms with E-state index in [-0.39, 0.29) is 0 Å². The minimum atomic E-state index is 0.692. The number of nitrogens with zero attached hydrogens (tertiary/aromatic N) is 3. The van der Waals surface area contributed by atoms with Crippen LogP contribution < -0.4 is 5.32 Å². The molecule has 0 spiro atoms. The van der Waals surface area contributed by atoms with Crippen LogP contribution in [0.25, 0.3) is 11.5 Å². The summed E-state index contributed by atoms with van der Waals surface area (Å²) in [4.78, 5) is 13.3. The van der Waals surface area contributed by atoms with Crippen molar-refractivity contribution in [3.05, 3.63) is 41.3 Å². The summed E-state index contributed by atoms with van der Waals surface area (Å²) in [5.41, 5.74) is 4.13. The average molecular weight is 242 g/mol. The fourth-order valence-corrected chi connectivity index (χ4v) is 1.68. The van der Waals surface area contributed by atoms with Gasteiger partial charge in [-0.2, -0.15) is 0 Å². The van der Waals surface area contributed by atoms with Crippen LogP contribution in [0.15, 0.2) is 24.5 Å². The molecule has 2 rings (SSSR count). The Hall–Kier alpha value is -1.81. The summed E-state index contributed by atoms with van der Waals surface area (Å²) in [6.45, 7) is 7.85. The Labute approximate surface area is 108 Å². The van der Waals surface area contributed by atoms with Crippen LogP contribution in [0.1, 0.15) is 23.7 Å². The highest BCUT2D eigenvalue weighted by molar-refractivity contribution is 5.50. The van der Waals surface area contributed by atoms with Gasteiger partial charge >= 0.3 is 0 Å². The molecule has 0 unspecified atom stereocenters. The van der Waals surface area contributed by atoms with Crippen LogP contribution in [0, 0.1) is 13.8 Å². The third-order valence-corrected chi connectivity index (χ3v) is 2.76. The van der Waals surface area contributed by atoms with Gasteiger partial charge in [0.25, 0.3) is 0 Å². The second kappa shape index (κ2) is 5.69. The van der Waals surface area contributed by atoms with Crippen molar-refractivity contribution in [2.75, 3.05) is 6.54 Å². The Kier molecular flexibility index (Phi) is 3.99. The van der Waals surface area contributed by atoms with Crippen LogP contribution in [0.3, 0.4) is 0 Å². The molecule has 2 heterocycles. The van der Waals surface area contributed by atoms with Gasteiger partial charge in [-0.1, -0.05) is 6.92 Å². The predicted octanol–water partition coefficient (Wildman–Crippen LogP) is 2.26. The van der Waals surface area contributed by atoms with Crippen molar-refractivity contribution in [2.45, 2.75) is 27.3 Å². The minimum absolute atomic E-state index is 0.692. The van der Waals surface area contributed by atoms with Crippen LogP contribution in [0.5, 0.6) is 0 Å². The molecule has 0 saturated carbocycles. The number of hydrogen-bond donors (Lipinski definition) is 1. The Morgan fingerprint density at radius 3 is 2.78 bits per heavy atom. The predicted molar refractivity (Wildman–Crippen MR) is 72.1 cm³/mol. The molecule has 0 fully saturated rings. The zero-order chi connectivity index (χ0) is 13.0. The third kappa shape index (κ3) is 2.90. The molecule has 18 heavy (non-hydrogen) atoms. The van der Waals surface area contributed by atoms with E-state index in [1.54, 1.807) is 6.20 Å². The highest BCUT2D eigenvalue weighted by atomic mass is 14.9. The molecule has 1 N–H and O–H groups in total. The second-order valence-electron chi connectivity index (χ2n) is 4.32. The Balaban J connectivity index is 2.34. The third-order valence-electron chi connectivity index (χ3n) is 2.76. The van der Waals surface area contributed by atoms with Crippen LogP contribution in [0.2, 0.25) is 0 Å². The summed E-state index contributed by atoms with van der Waals surface area (Å²) in [6.07, 6.45) is 3.65. The first-order chi connectivity index (χ1) is 8.70. The van der Waals surface area contributed by atoms with Gasteiger partial charge in [0.15, 0.2) is 5.82 Å². The summed E-state index contributed by atoms with van der Waals surface area (Å²) in [5, 5.41) is 3.28. The molecule has 0 aromatic carbocycles. The molecule has 0 bridgehead atoms. The van der Waals surface area contributed by atoms with Crippen LogP contribution in [-0.2, 0) is 6.54 Å². The molecule has 94 valence electrons. The molecular formula is C14H18N4. The van der Waals surface area contributed by atoms with Crippen molar-refractivity contribution in [3.63, 3.8) is 0 Å². The monoisotopic (exact) mass is 242 g/mol. The zero-order valence-electron chi connectivity index (χ0n) is 11.1.